The smallest absolute Gasteiger partial charge is 0.229 e. The second kappa shape index (κ2) is 5.98. The van der Waals surface area contributed by atoms with Crippen LogP contribution in [0.2, 0.25) is 0 Å². The second-order valence-electron chi connectivity index (χ2n) is 6.14. The van der Waals surface area contributed by atoms with Crippen LogP contribution in [0.1, 0.15) is 43.6 Å². The Morgan fingerprint density at radius 1 is 1.05 bits per heavy atom. The van der Waals surface area contributed by atoms with Crippen molar-refractivity contribution < 1.29 is 9.59 Å². The second-order valence-corrected chi connectivity index (χ2v) is 6.14. The fourth-order valence-corrected chi connectivity index (χ4v) is 3.79. The highest BCUT2D eigenvalue weighted by molar-refractivity contribution is 6.02. The number of nitrogens with two attached hydrogens (primary N) is 1. The number of likely N-dealkylation sites (tertiary alicyclic amines) is 1. The summed E-state index contributed by atoms with van der Waals surface area (Å²) in [4.78, 5) is 25.6. The Morgan fingerprint density at radius 2 is 1.71 bits per heavy atom. The zero-order valence-corrected chi connectivity index (χ0v) is 12.2. The van der Waals surface area contributed by atoms with Gasteiger partial charge in [-0.3, -0.25) is 14.5 Å². The number of benzene rings is 1. The van der Waals surface area contributed by atoms with Crippen molar-refractivity contribution >= 4 is 11.8 Å². The van der Waals surface area contributed by atoms with Crippen LogP contribution in [0.15, 0.2) is 30.3 Å². The maximum absolute atomic E-state index is 12.1. The molecule has 2 fully saturated rings. The highest BCUT2D eigenvalue weighted by Crippen LogP contribution is 2.39. The average molecular weight is 286 g/mol. The van der Waals surface area contributed by atoms with E-state index in [1.54, 1.807) is 0 Å². The molecule has 112 valence electrons. The van der Waals surface area contributed by atoms with Crippen LogP contribution in [0.25, 0.3) is 0 Å². The Labute approximate surface area is 125 Å². The monoisotopic (exact) mass is 286 g/mol. The minimum atomic E-state index is -0.0172. The van der Waals surface area contributed by atoms with E-state index in [1.165, 1.54) is 10.5 Å². The zero-order chi connectivity index (χ0) is 14.8. The molecular weight excluding hydrogens is 264 g/mol. The van der Waals surface area contributed by atoms with E-state index < -0.39 is 0 Å². The lowest BCUT2D eigenvalue weighted by Gasteiger charge is -2.40. The predicted molar refractivity (Wildman–Crippen MR) is 80.5 cm³/mol. The fraction of sp³-hybridized carbons (Fsp3) is 0.529. The summed E-state index contributed by atoms with van der Waals surface area (Å²) in [6.07, 6.45) is 3.64. The standard InChI is InChI=1S/C17H22N2O2/c18-11-14-7-6-13(12-4-2-1-3-5-12)10-15(14)19-16(20)8-9-17(19)21/h1-5,13-15H,6-11,18H2. The lowest BCUT2D eigenvalue weighted by Crippen LogP contribution is -2.48. The van der Waals surface area contributed by atoms with Crippen LogP contribution in [-0.4, -0.2) is 29.3 Å². The number of rotatable bonds is 3. The summed E-state index contributed by atoms with van der Waals surface area (Å²) in [7, 11) is 0. The fourth-order valence-electron chi connectivity index (χ4n) is 3.79. The Morgan fingerprint density at radius 3 is 2.33 bits per heavy atom. The van der Waals surface area contributed by atoms with Gasteiger partial charge in [0.25, 0.3) is 0 Å². The van der Waals surface area contributed by atoms with Crippen LogP contribution in [-0.2, 0) is 9.59 Å². The molecule has 2 aliphatic rings. The minimum absolute atomic E-state index is 0.0165. The Hall–Kier alpha value is -1.68. The van der Waals surface area contributed by atoms with Gasteiger partial charge in [-0.05, 0) is 43.2 Å². The molecule has 3 unspecified atom stereocenters. The van der Waals surface area contributed by atoms with Crippen molar-refractivity contribution in [1.82, 2.24) is 4.90 Å². The first kappa shape index (κ1) is 14.3. The van der Waals surface area contributed by atoms with Crippen LogP contribution in [0.5, 0.6) is 0 Å². The third-order valence-corrected chi connectivity index (χ3v) is 4.95. The van der Waals surface area contributed by atoms with Crippen molar-refractivity contribution in [3.63, 3.8) is 0 Å². The number of hydrogen-bond acceptors (Lipinski definition) is 3. The van der Waals surface area contributed by atoms with Crippen LogP contribution >= 0.6 is 0 Å². The van der Waals surface area contributed by atoms with Gasteiger partial charge < -0.3 is 5.73 Å². The third kappa shape index (κ3) is 2.72. The van der Waals surface area contributed by atoms with E-state index in [-0.39, 0.29) is 23.8 Å². The van der Waals surface area contributed by atoms with Crippen molar-refractivity contribution in [3.05, 3.63) is 35.9 Å². The maximum atomic E-state index is 12.1. The predicted octanol–water partition coefficient (Wildman–Crippen LogP) is 2.05. The van der Waals surface area contributed by atoms with Gasteiger partial charge >= 0.3 is 0 Å². The number of nitrogens with zero attached hydrogens (tertiary/aromatic N) is 1. The van der Waals surface area contributed by atoms with Crippen LogP contribution < -0.4 is 5.73 Å². The van der Waals surface area contributed by atoms with Gasteiger partial charge in [-0.1, -0.05) is 30.3 Å². The molecule has 1 saturated heterocycles. The topological polar surface area (TPSA) is 63.4 Å². The number of amides is 2. The molecule has 1 aromatic carbocycles. The molecule has 1 aromatic rings. The molecule has 0 radical (unpaired) electrons. The zero-order valence-electron chi connectivity index (χ0n) is 12.2. The summed E-state index contributed by atoms with van der Waals surface area (Å²) in [5.41, 5.74) is 7.19. The Kier molecular flexibility index (Phi) is 4.06. The largest absolute Gasteiger partial charge is 0.330 e. The van der Waals surface area contributed by atoms with E-state index in [2.05, 4.69) is 12.1 Å². The van der Waals surface area contributed by atoms with Crippen LogP contribution in [0, 0.1) is 5.92 Å². The molecule has 4 heteroatoms. The van der Waals surface area contributed by atoms with Crippen molar-refractivity contribution in [2.45, 2.75) is 44.1 Å². The van der Waals surface area contributed by atoms with E-state index in [4.69, 9.17) is 5.73 Å². The summed E-state index contributed by atoms with van der Waals surface area (Å²) in [5, 5.41) is 0. The number of carbonyl (C=O) groups is 2. The van der Waals surface area contributed by atoms with Gasteiger partial charge in [-0.15, -0.1) is 0 Å². The first-order valence-electron chi connectivity index (χ1n) is 7.80. The van der Waals surface area contributed by atoms with E-state index in [1.807, 2.05) is 18.2 Å². The molecular formula is C17H22N2O2. The van der Waals surface area contributed by atoms with E-state index in [0.29, 0.717) is 25.3 Å². The molecule has 2 N–H and O–H groups in total. The molecule has 1 aliphatic heterocycles. The van der Waals surface area contributed by atoms with Gasteiger partial charge in [0.1, 0.15) is 0 Å². The molecule has 1 aliphatic carbocycles. The van der Waals surface area contributed by atoms with Crippen molar-refractivity contribution in [1.29, 1.82) is 0 Å². The molecule has 1 saturated carbocycles. The van der Waals surface area contributed by atoms with Crippen LogP contribution in [0.3, 0.4) is 0 Å². The minimum Gasteiger partial charge on any atom is -0.330 e. The van der Waals surface area contributed by atoms with Gasteiger partial charge in [0.05, 0.1) is 0 Å². The molecule has 4 nitrogen and oxygen atoms in total. The Balaban J connectivity index is 1.82. The molecule has 0 spiro atoms. The third-order valence-electron chi connectivity index (χ3n) is 4.95. The number of imide groups is 1. The van der Waals surface area contributed by atoms with E-state index in [0.717, 1.165) is 19.3 Å². The Bertz CT molecular complexity index is 513. The van der Waals surface area contributed by atoms with Crippen molar-refractivity contribution in [2.75, 3.05) is 6.54 Å². The van der Waals surface area contributed by atoms with Gasteiger partial charge in [0.15, 0.2) is 0 Å². The van der Waals surface area contributed by atoms with Crippen LogP contribution in [0.4, 0.5) is 0 Å². The maximum Gasteiger partial charge on any atom is 0.229 e. The molecule has 0 bridgehead atoms. The summed E-state index contributed by atoms with van der Waals surface area (Å²) < 4.78 is 0. The molecule has 21 heavy (non-hydrogen) atoms. The summed E-state index contributed by atoms with van der Waals surface area (Å²) in [5.74, 6) is 0.630. The lowest BCUT2D eigenvalue weighted by atomic mass is 9.75. The quantitative estimate of drug-likeness (QED) is 0.865. The van der Waals surface area contributed by atoms with Crippen molar-refractivity contribution in [3.8, 4) is 0 Å². The normalized spacial score (nSPS) is 30.0. The SMILES string of the molecule is NCC1CCC(c2ccccc2)CC1N1C(=O)CCC1=O. The van der Waals surface area contributed by atoms with Crippen molar-refractivity contribution in [2.24, 2.45) is 11.7 Å². The van der Waals surface area contributed by atoms with Gasteiger partial charge in [-0.2, -0.15) is 0 Å². The summed E-state index contributed by atoms with van der Waals surface area (Å²) >= 11 is 0. The molecule has 2 amide bonds. The van der Waals surface area contributed by atoms with E-state index in [9.17, 15) is 9.59 Å². The molecule has 1 heterocycles. The highest BCUT2D eigenvalue weighted by Gasteiger charge is 2.41. The van der Waals surface area contributed by atoms with Gasteiger partial charge in [0.2, 0.25) is 11.8 Å². The number of hydrogen-bond donors (Lipinski definition) is 1. The summed E-state index contributed by atoms with van der Waals surface area (Å²) in [6, 6.07) is 10.4. The molecule has 0 aromatic heterocycles. The van der Waals surface area contributed by atoms with Gasteiger partial charge in [-0.25, -0.2) is 0 Å². The van der Waals surface area contributed by atoms with Gasteiger partial charge in [0, 0.05) is 18.9 Å². The lowest BCUT2D eigenvalue weighted by molar-refractivity contribution is -0.143. The first-order chi connectivity index (χ1) is 10.2. The summed E-state index contributed by atoms with van der Waals surface area (Å²) in [6.45, 7) is 0.545. The molecule has 3 atom stereocenters. The van der Waals surface area contributed by atoms with E-state index >= 15 is 0 Å². The molecule has 3 rings (SSSR count). The highest BCUT2D eigenvalue weighted by atomic mass is 16.2. The average Bonchev–Trinajstić information content (AvgIpc) is 2.86. The number of carbonyl (C=O) groups excluding carboxylic acids is 2. The first-order valence-corrected chi connectivity index (χ1v) is 7.80.